The van der Waals surface area contributed by atoms with Crippen molar-refractivity contribution in [2.45, 2.75) is 30.6 Å². The maximum absolute atomic E-state index is 13.2. The van der Waals surface area contributed by atoms with Gasteiger partial charge in [0.2, 0.25) is 0 Å². The summed E-state index contributed by atoms with van der Waals surface area (Å²) in [6, 6.07) is 7.84. The van der Waals surface area contributed by atoms with E-state index in [9.17, 15) is 17.6 Å². The Kier molecular flexibility index (Phi) is 4.28. The van der Waals surface area contributed by atoms with E-state index in [2.05, 4.69) is 4.72 Å². The van der Waals surface area contributed by atoms with Gasteiger partial charge in [0, 0.05) is 0 Å². The van der Waals surface area contributed by atoms with Crippen LogP contribution in [0.25, 0.3) is 0 Å². The molecule has 7 heteroatoms. The van der Waals surface area contributed by atoms with Crippen LogP contribution in [0.15, 0.2) is 41.3 Å². The minimum Gasteiger partial charge on any atom is -0.478 e. The number of anilines is 1. The lowest BCUT2D eigenvalue weighted by atomic mass is 9.92. The van der Waals surface area contributed by atoms with Gasteiger partial charge in [0.05, 0.1) is 16.1 Å². The number of aryl methyl sites for hydroxylation is 2. The Hall–Kier alpha value is -2.41. The summed E-state index contributed by atoms with van der Waals surface area (Å²) in [7, 11) is -3.95. The molecule has 0 radical (unpaired) electrons. The number of aromatic carboxylic acids is 1. The van der Waals surface area contributed by atoms with Crippen molar-refractivity contribution in [2.24, 2.45) is 0 Å². The molecule has 24 heavy (non-hydrogen) atoms. The van der Waals surface area contributed by atoms with Crippen molar-refractivity contribution in [1.82, 2.24) is 0 Å². The van der Waals surface area contributed by atoms with Crippen LogP contribution >= 0.6 is 0 Å². The maximum atomic E-state index is 13.2. The molecular weight excluding hydrogens is 333 g/mol. The number of hydrogen-bond acceptors (Lipinski definition) is 3. The lowest BCUT2D eigenvalue weighted by Gasteiger charge is -2.17. The summed E-state index contributed by atoms with van der Waals surface area (Å²) in [6.07, 6.45) is 3.87. The highest BCUT2D eigenvalue weighted by Crippen LogP contribution is 2.26. The van der Waals surface area contributed by atoms with Crippen LogP contribution in [-0.2, 0) is 22.9 Å². The summed E-state index contributed by atoms with van der Waals surface area (Å²) in [5.74, 6) is -2.15. The van der Waals surface area contributed by atoms with Gasteiger partial charge in [-0.2, -0.15) is 0 Å². The van der Waals surface area contributed by atoms with Gasteiger partial charge in [0.25, 0.3) is 10.0 Å². The standard InChI is InChI=1S/C17H16FNO4S/c18-13-6-8-16(15(10-13)17(20)21)19-24(22,23)14-7-5-11-3-1-2-4-12(11)9-14/h5-10,19H,1-4H2,(H,20,21). The molecular formula is C17H16FNO4S. The Morgan fingerprint density at radius 3 is 2.46 bits per heavy atom. The van der Waals surface area contributed by atoms with Gasteiger partial charge < -0.3 is 5.11 Å². The quantitative estimate of drug-likeness (QED) is 0.888. The predicted octanol–water partition coefficient (Wildman–Crippen LogP) is 3.20. The van der Waals surface area contributed by atoms with Crippen molar-refractivity contribution in [3.63, 3.8) is 0 Å². The van der Waals surface area contributed by atoms with Crippen molar-refractivity contribution >= 4 is 21.7 Å². The molecule has 0 unspecified atom stereocenters. The number of nitrogens with one attached hydrogen (secondary N) is 1. The Bertz CT molecular complexity index is 909. The van der Waals surface area contributed by atoms with E-state index in [-0.39, 0.29) is 10.6 Å². The molecule has 2 aromatic rings. The Morgan fingerprint density at radius 1 is 1.04 bits per heavy atom. The van der Waals surface area contributed by atoms with Crippen LogP contribution < -0.4 is 4.72 Å². The number of benzene rings is 2. The molecule has 3 rings (SSSR count). The van der Waals surface area contributed by atoms with E-state index in [1.165, 1.54) is 6.07 Å². The third-order valence-electron chi connectivity index (χ3n) is 4.09. The zero-order chi connectivity index (χ0) is 17.3. The van der Waals surface area contributed by atoms with Crippen LogP contribution in [0.4, 0.5) is 10.1 Å². The lowest BCUT2D eigenvalue weighted by molar-refractivity contribution is 0.0697. The van der Waals surface area contributed by atoms with Gasteiger partial charge >= 0.3 is 5.97 Å². The van der Waals surface area contributed by atoms with Gasteiger partial charge in [0.1, 0.15) is 5.82 Å². The topological polar surface area (TPSA) is 83.5 Å². The zero-order valence-corrected chi connectivity index (χ0v) is 13.6. The Labute approximate surface area is 139 Å². The maximum Gasteiger partial charge on any atom is 0.337 e. The second-order valence-corrected chi connectivity index (χ2v) is 7.42. The lowest BCUT2D eigenvalue weighted by Crippen LogP contribution is -2.16. The van der Waals surface area contributed by atoms with E-state index in [0.29, 0.717) is 0 Å². The molecule has 0 atom stereocenters. The molecule has 0 bridgehead atoms. The third kappa shape index (κ3) is 3.26. The van der Waals surface area contributed by atoms with Crippen molar-refractivity contribution in [3.8, 4) is 0 Å². The molecule has 126 valence electrons. The van der Waals surface area contributed by atoms with Crippen LogP contribution in [-0.4, -0.2) is 19.5 Å². The molecule has 0 heterocycles. The van der Waals surface area contributed by atoms with Crippen molar-refractivity contribution in [1.29, 1.82) is 0 Å². The third-order valence-corrected chi connectivity index (χ3v) is 5.45. The summed E-state index contributed by atoms with van der Waals surface area (Å²) < 4.78 is 40.6. The van der Waals surface area contributed by atoms with E-state index >= 15 is 0 Å². The average molecular weight is 349 g/mol. The first kappa shape index (κ1) is 16.4. The number of rotatable bonds is 4. The Balaban J connectivity index is 1.96. The summed E-state index contributed by atoms with van der Waals surface area (Å²) in [6.45, 7) is 0. The predicted molar refractivity (Wildman–Crippen MR) is 87.3 cm³/mol. The van der Waals surface area contributed by atoms with Crippen LogP contribution in [0.1, 0.15) is 34.3 Å². The second-order valence-electron chi connectivity index (χ2n) is 5.74. The van der Waals surface area contributed by atoms with Crippen molar-refractivity contribution < 1.29 is 22.7 Å². The molecule has 0 fully saturated rings. The molecule has 0 aliphatic heterocycles. The van der Waals surface area contributed by atoms with E-state index in [1.807, 2.05) is 0 Å². The van der Waals surface area contributed by atoms with Gasteiger partial charge in [-0.1, -0.05) is 6.07 Å². The highest BCUT2D eigenvalue weighted by molar-refractivity contribution is 7.92. The fourth-order valence-electron chi connectivity index (χ4n) is 2.86. The Morgan fingerprint density at radius 2 is 1.75 bits per heavy atom. The largest absolute Gasteiger partial charge is 0.478 e. The normalized spacial score (nSPS) is 14.0. The van der Waals surface area contributed by atoms with Gasteiger partial charge in [-0.15, -0.1) is 0 Å². The molecule has 2 N–H and O–H groups in total. The SMILES string of the molecule is O=C(O)c1cc(F)ccc1NS(=O)(=O)c1ccc2c(c1)CCCC2. The van der Waals surface area contributed by atoms with Crippen LogP contribution in [0.5, 0.6) is 0 Å². The van der Waals surface area contributed by atoms with Gasteiger partial charge in [0.15, 0.2) is 0 Å². The molecule has 1 aliphatic rings. The molecule has 5 nitrogen and oxygen atoms in total. The smallest absolute Gasteiger partial charge is 0.337 e. The number of fused-ring (bicyclic) bond motifs is 1. The monoisotopic (exact) mass is 349 g/mol. The second kappa shape index (κ2) is 6.24. The highest BCUT2D eigenvalue weighted by Gasteiger charge is 2.21. The van der Waals surface area contributed by atoms with E-state index < -0.39 is 27.4 Å². The van der Waals surface area contributed by atoms with Crippen LogP contribution in [0.2, 0.25) is 0 Å². The van der Waals surface area contributed by atoms with Gasteiger partial charge in [-0.3, -0.25) is 4.72 Å². The van der Waals surface area contributed by atoms with E-state index in [4.69, 9.17) is 5.11 Å². The number of sulfonamides is 1. The fourth-order valence-corrected chi connectivity index (χ4v) is 3.99. The van der Waals surface area contributed by atoms with Crippen molar-refractivity contribution in [3.05, 3.63) is 58.9 Å². The molecule has 2 aromatic carbocycles. The molecule has 0 amide bonds. The zero-order valence-electron chi connectivity index (χ0n) is 12.8. The molecule has 1 aliphatic carbocycles. The molecule has 0 saturated carbocycles. The number of carbonyl (C=O) groups is 1. The van der Waals surface area contributed by atoms with Crippen LogP contribution in [0.3, 0.4) is 0 Å². The molecule has 0 aromatic heterocycles. The van der Waals surface area contributed by atoms with Crippen LogP contribution in [0, 0.1) is 5.82 Å². The first-order valence-corrected chi connectivity index (χ1v) is 9.02. The van der Waals surface area contributed by atoms with E-state index in [0.717, 1.165) is 55.0 Å². The first-order chi connectivity index (χ1) is 11.4. The summed E-state index contributed by atoms with van der Waals surface area (Å²) in [5.41, 5.74) is 1.55. The van der Waals surface area contributed by atoms with Gasteiger partial charge in [-0.25, -0.2) is 17.6 Å². The fraction of sp³-hybridized carbons (Fsp3) is 0.235. The average Bonchev–Trinajstić information content (AvgIpc) is 2.55. The van der Waals surface area contributed by atoms with Gasteiger partial charge in [-0.05, 0) is 67.1 Å². The summed E-state index contributed by atoms with van der Waals surface area (Å²) in [5, 5.41) is 9.11. The minimum atomic E-state index is -3.95. The molecule has 0 saturated heterocycles. The van der Waals surface area contributed by atoms with Crippen molar-refractivity contribution in [2.75, 3.05) is 4.72 Å². The number of carboxylic acid groups (broad SMARTS) is 1. The summed E-state index contributed by atoms with van der Waals surface area (Å²) >= 11 is 0. The molecule has 0 spiro atoms. The summed E-state index contributed by atoms with van der Waals surface area (Å²) in [4.78, 5) is 11.3. The van der Waals surface area contributed by atoms with E-state index in [1.54, 1.807) is 12.1 Å². The number of carboxylic acids is 1. The first-order valence-electron chi connectivity index (χ1n) is 7.54. The highest BCUT2D eigenvalue weighted by atomic mass is 32.2. The minimum absolute atomic E-state index is 0.0730. The number of hydrogen-bond donors (Lipinski definition) is 2. The number of halogens is 1.